The Bertz CT molecular complexity index is 715. The predicted molar refractivity (Wildman–Crippen MR) is 107 cm³/mol. The third kappa shape index (κ3) is 6.31. The van der Waals surface area contributed by atoms with Crippen LogP contribution in [0.4, 0.5) is 0 Å². The van der Waals surface area contributed by atoms with Gasteiger partial charge in [-0.15, -0.1) is 11.3 Å². The van der Waals surface area contributed by atoms with Gasteiger partial charge in [-0.05, 0) is 25.0 Å². The van der Waals surface area contributed by atoms with Crippen LogP contribution in [-0.2, 0) is 24.2 Å². The van der Waals surface area contributed by atoms with Crippen molar-refractivity contribution < 1.29 is 9.47 Å². The zero-order valence-electron chi connectivity index (χ0n) is 16.0. The standard InChI is InChI=1S/C19H28N4O2S/c1-5-18-23-16(13-26-18)12-22-19(20-3)21-11-15-7-6-14(2)10-17(15)25-9-8-24-4/h6-7,10,13H,5,8-9,11-12H2,1-4H3,(H2,20,21,22). The number of nitrogens with one attached hydrogen (secondary N) is 2. The Morgan fingerprint density at radius 2 is 2.04 bits per heavy atom. The van der Waals surface area contributed by atoms with E-state index in [1.54, 1.807) is 25.5 Å². The lowest BCUT2D eigenvalue weighted by Gasteiger charge is -2.15. The quantitative estimate of drug-likeness (QED) is 0.400. The summed E-state index contributed by atoms with van der Waals surface area (Å²) in [6, 6.07) is 6.20. The molecule has 26 heavy (non-hydrogen) atoms. The minimum Gasteiger partial charge on any atom is -0.491 e. The largest absolute Gasteiger partial charge is 0.491 e. The molecule has 0 aliphatic heterocycles. The van der Waals surface area contributed by atoms with Crippen LogP contribution >= 0.6 is 11.3 Å². The van der Waals surface area contributed by atoms with Crippen molar-refractivity contribution in [2.75, 3.05) is 27.4 Å². The molecule has 0 fully saturated rings. The van der Waals surface area contributed by atoms with Crippen molar-refractivity contribution in [1.82, 2.24) is 15.6 Å². The van der Waals surface area contributed by atoms with Gasteiger partial charge in [0.2, 0.25) is 0 Å². The van der Waals surface area contributed by atoms with Gasteiger partial charge in [-0.25, -0.2) is 4.98 Å². The van der Waals surface area contributed by atoms with Crippen molar-refractivity contribution in [3.8, 4) is 5.75 Å². The van der Waals surface area contributed by atoms with Crippen LogP contribution < -0.4 is 15.4 Å². The molecule has 0 aliphatic carbocycles. The summed E-state index contributed by atoms with van der Waals surface area (Å²) >= 11 is 1.69. The van der Waals surface area contributed by atoms with Crippen LogP contribution in [-0.4, -0.2) is 38.3 Å². The number of hydrogen-bond donors (Lipinski definition) is 2. The number of aliphatic imine (C=N–C) groups is 1. The van der Waals surface area contributed by atoms with E-state index >= 15 is 0 Å². The van der Waals surface area contributed by atoms with Gasteiger partial charge in [0.25, 0.3) is 0 Å². The third-order valence-electron chi connectivity index (χ3n) is 3.78. The fourth-order valence-corrected chi connectivity index (χ4v) is 3.09. The molecule has 6 nitrogen and oxygen atoms in total. The smallest absolute Gasteiger partial charge is 0.191 e. The number of aromatic nitrogens is 1. The SMILES string of the molecule is CCc1nc(CNC(=NC)NCc2ccc(C)cc2OCCOC)cs1. The molecule has 0 saturated carbocycles. The molecule has 1 heterocycles. The lowest BCUT2D eigenvalue weighted by Crippen LogP contribution is -2.36. The third-order valence-corrected chi connectivity index (χ3v) is 4.82. The Morgan fingerprint density at radius 3 is 2.73 bits per heavy atom. The van der Waals surface area contributed by atoms with E-state index in [1.165, 1.54) is 5.56 Å². The van der Waals surface area contributed by atoms with Gasteiger partial charge >= 0.3 is 0 Å². The number of ether oxygens (including phenoxy) is 2. The second-order valence-electron chi connectivity index (χ2n) is 5.82. The minimum absolute atomic E-state index is 0.531. The van der Waals surface area contributed by atoms with Crippen LogP contribution in [0.5, 0.6) is 5.75 Å². The van der Waals surface area contributed by atoms with Crippen LogP contribution in [0.3, 0.4) is 0 Å². The van der Waals surface area contributed by atoms with Crippen LogP contribution in [0.2, 0.25) is 0 Å². The second kappa shape index (κ2) is 10.8. The maximum Gasteiger partial charge on any atom is 0.191 e. The first-order valence-corrected chi connectivity index (χ1v) is 9.63. The van der Waals surface area contributed by atoms with Crippen LogP contribution in [0.25, 0.3) is 0 Å². The predicted octanol–water partition coefficient (Wildman–Crippen LogP) is 2.90. The van der Waals surface area contributed by atoms with Crippen molar-refractivity contribution in [1.29, 1.82) is 0 Å². The number of nitrogens with zero attached hydrogens (tertiary/aromatic N) is 2. The van der Waals surface area contributed by atoms with E-state index in [0.717, 1.165) is 34.4 Å². The Morgan fingerprint density at radius 1 is 1.23 bits per heavy atom. The molecule has 2 aromatic rings. The number of hydrogen-bond acceptors (Lipinski definition) is 5. The van der Waals surface area contributed by atoms with Crippen molar-refractivity contribution in [2.45, 2.75) is 33.4 Å². The van der Waals surface area contributed by atoms with Gasteiger partial charge in [0, 0.05) is 31.6 Å². The molecule has 0 saturated heterocycles. The van der Waals surface area contributed by atoms with E-state index in [9.17, 15) is 0 Å². The summed E-state index contributed by atoms with van der Waals surface area (Å²) in [5.41, 5.74) is 3.28. The molecule has 0 spiro atoms. The summed E-state index contributed by atoms with van der Waals surface area (Å²) in [4.78, 5) is 8.84. The second-order valence-corrected chi connectivity index (χ2v) is 6.76. The molecule has 0 bridgehead atoms. The molecule has 2 N–H and O–H groups in total. The number of thiazole rings is 1. The summed E-state index contributed by atoms with van der Waals surface area (Å²) in [6.07, 6.45) is 0.969. The number of rotatable bonds is 9. The van der Waals surface area contributed by atoms with E-state index in [-0.39, 0.29) is 0 Å². The van der Waals surface area contributed by atoms with Crippen LogP contribution in [0.15, 0.2) is 28.6 Å². The number of methoxy groups -OCH3 is 1. The molecule has 0 amide bonds. The van der Waals surface area contributed by atoms with Gasteiger partial charge in [-0.3, -0.25) is 4.99 Å². The van der Waals surface area contributed by atoms with E-state index < -0.39 is 0 Å². The Labute approximate surface area is 159 Å². The number of guanidine groups is 1. The normalized spacial score (nSPS) is 11.5. The van der Waals surface area contributed by atoms with Gasteiger partial charge in [0.15, 0.2) is 5.96 Å². The highest BCUT2D eigenvalue weighted by Gasteiger charge is 2.07. The molecule has 142 valence electrons. The monoisotopic (exact) mass is 376 g/mol. The summed E-state index contributed by atoms with van der Waals surface area (Å²) in [7, 11) is 3.43. The number of aryl methyl sites for hydroxylation is 2. The van der Waals surface area contributed by atoms with E-state index in [4.69, 9.17) is 9.47 Å². The first-order chi connectivity index (χ1) is 12.7. The molecule has 2 rings (SSSR count). The highest BCUT2D eigenvalue weighted by Crippen LogP contribution is 2.20. The highest BCUT2D eigenvalue weighted by atomic mass is 32.1. The summed E-state index contributed by atoms with van der Waals surface area (Å²) in [6.45, 7) is 6.55. The topological polar surface area (TPSA) is 67.8 Å². The molecule has 0 unspecified atom stereocenters. The summed E-state index contributed by atoms with van der Waals surface area (Å²) in [5, 5.41) is 9.87. The average Bonchev–Trinajstić information content (AvgIpc) is 3.11. The first kappa shape index (κ1) is 20.2. The average molecular weight is 377 g/mol. The van der Waals surface area contributed by atoms with Gasteiger partial charge in [0.05, 0.1) is 23.9 Å². The minimum atomic E-state index is 0.531. The number of benzene rings is 1. The molecular weight excluding hydrogens is 348 g/mol. The molecular formula is C19H28N4O2S. The maximum absolute atomic E-state index is 5.83. The molecule has 7 heteroatoms. The summed E-state index contributed by atoms with van der Waals surface area (Å²) in [5.74, 6) is 1.61. The molecule has 1 aromatic carbocycles. The summed E-state index contributed by atoms with van der Waals surface area (Å²) < 4.78 is 10.9. The molecule has 0 radical (unpaired) electrons. The van der Waals surface area contributed by atoms with Gasteiger partial charge < -0.3 is 20.1 Å². The zero-order chi connectivity index (χ0) is 18.8. The fraction of sp³-hybridized carbons (Fsp3) is 0.474. The Balaban J connectivity index is 1.90. The maximum atomic E-state index is 5.83. The fourth-order valence-electron chi connectivity index (χ4n) is 2.34. The first-order valence-electron chi connectivity index (χ1n) is 8.75. The molecule has 1 aromatic heterocycles. The van der Waals surface area contributed by atoms with Crippen LogP contribution in [0, 0.1) is 6.92 Å². The van der Waals surface area contributed by atoms with Crippen molar-refractivity contribution in [2.24, 2.45) is 4.99 Å². The molecule has 0 atom stereocenters. The molecule has 0 aliphatic rings. The van der Waals surface area contributed by atoms with Gasteiger partial charge in [-0.2, -0.15) is 0 Å². The van der Waals surface area contributed by atoms with E-state index in [1.807, 2.05) is 6.07 Å². The van der Waals surface area contributed by atoms with Crippen molar-refractivity contribution in [3.05, 3.63) is 45.4 Å². The zero-order valence-corrected chi connectivity index (χ0v) is 16.8. The Kier molecular flexibility index (Phi) is 8.37. The van der Waals surface area contributed by atoms with Gasteiger partial charge in [-0.1, -0.05) is 19.1 Å². The van der Waals surface area contributed by atoms with Crippen molar-refractivity contribution >= 4 is 17.3 Å². The van der Waals surface area contributed by atoms with Crippen molar-refractivity contribution in [3.63, 3.8) is 0 Å². The highest BCUT2D eigenvalue weighted by molar-refractivity contribution is 7.09. The van der Waals surface area contributed by atoms with E-state index in [2.05, 4.69) is 52.0 Å². The van der Waals surface area contributed by atoms with Crippen LogP contribution in [0.1, 0.15) is 28.8 Å². The van der Waals surface area contributed by atoms with E-state index in [0.29, 0.717) is 26.3 Å². The lowest BCUT2D eigenvalue weighted by molar-refractivity contribution is 0.145. The lowest BCUT2D eigenvalue weighted by atomic mass is 10.1. The van der Waals surface area contributed by atoms with Gasteiger partial charge in [0.1, 0.15) is 12.4 Å². The Hall–Kier alpha value is -2.12.